The summed E-state index contributed by atoms with van der Waals surface area (Å²) in [5.41, 5.74) is 6.29. The van der Waals surface area contributed by atoms with Crippen LogP contribution in [0.5, 0.6) is 0 Å². The highest BCUT2D eigenvalue weighted by atomic mass is 16.6. The quantitative estimate of drug-likeness (QED) is 0.389. The van der Waals surface area contributed by atoms with Crippen molar-refractivity contribution in [2.24, 2.45) is 16.5 Å². The third-order valence-electron chi connectivity index (χ3n) is 8.30. The highest BCUT2D eigenvalue weighted by Gasteiger charge is 2.55. The maximum absolute atomic E-state index is 12.3. The molecule has 1 fully saturated rings. The zero-order valence-electron chi connectivity index (χ0n) is 20.6. The van der Waals surface area contributed by atoms with Gasteiger partial charge in [0.15, 0.2) is 0 Å². The van der Waals surface area contributed by atoms with Gasteiger partial charge in [0.1, 0.15) is 6.61 Å². The van der Waals surface area contributed by atoms with Crippen LogP contribution in [0.2, 0.25) is 0 Å². The molecule has 0 aliphatic heterocycles. The van der Waals surface area contributed by atoms with E-state index in [4.69, 9.17) is 4.84 Å². The third kappa shape index (κ3) is 4.20. The Hall–Kier alpha value is -2.62. The van der Waals surface area contributed by atoms with E-state index < -0.39 is 11.4 Å². The Morgan fingerprint density at radius 1 is 1.18 bits per heavy atom. The van der Waals surface area contributed by atoms with E-state index in [1.807, 2.05) is 44.2 Å². The molecular weight excluding hydrogens is 410 g/mol. The number of benzene rings is 2. The molecule has 0 spiro atoms. The Morgan fingerprint density at radius 3 is 2.58 bits per heavy atom. The predicted molar refractivity (Wildman–Crippen MR) is 133 cm³/mol. The van der Waals surface area contributed by atoms with Gasteiger partial charge >= 0.3 is 5.97 Å². The van der Waals surface area contributed by atoms with Crippen LogP contribution in [-0.2, 0) is 28.1 Å². The summed E-state index contributed by atoms with van der Waals surface area (Å²) in [6.07, 6.45) is 4.64. The number of fused-ring (bicyclic) bond motifs is 3. The molecular formula is C29H37NO3. The lowest BCUT2D eigenvalue weighted by Gasteiger charge is -2.53. The summed E-state index contributed by atoms with van der Waals surface area (Å²) in [4.78, 5) is 18.0. The van der Waals surface area contributed by atoms with Crippen molar-refractivity contribution >= 4 is 11.7 Å². The lowest BCUT2D eigenvalue weighted by Crippen LogP contribution is -2.52. The van der Waals surface area contributed by atoms with Crippen molar-refractivity contribution in [2.75, 3.05) is 0 Å². The molecule has 1 unspecified atom stereocenters. The van der Waals surface area contributed by atoms with Crippen molar-refractivity contribution in [2.45, 2.75) is 84.7 Å². The summed E-state index contributed by atoms with van der Waals surface area (Å²) in [7, 11) is 0. The molecule has 0 amide bonds. The molecule has 4 rings (SSSR count). The molecule has 0 heterocycles. The Morgan fingerprint density at radius 2 is 1.91 bits per heavy atom. The SMILES string of the molecule is C/C(=N\OCc1ccccc1)c1cc2c(cc1C(C)C)CCC1[C@](C)(C(=O)O)CCC[C@]21C. The number of carbonyl (C=O) groups is 1. The normalized spacial score (nSPS) is 27.1. The van der Waals surface area contributed by atoms with Gasteiger partial charge in [-0.15, -0.1) is 0 Å². The first-order chi connectivity index (χ1) is 15.7. The number of hydrogen-bond acceptors (Lipinski definition) is 3. The summed E-state index contributed by atoms with van der Waals surface area (Å²) in [5.74, 6) is -0.133. The van der Waals surface area contributed by atoms with Crippen LogP contribution < -0.4 is 0 Å². The monoisotopic (exact) mass is 447 g/mol. The van der Waals surface area contributed by atoms with Crippen molar-refractivity contribution in [3.8, 4) is 0 Å². The molecule has 4 heteroatoms. The Labute approximate surface area is 198 Å². The summed E-state index contributed by atoms with van der Waals surface area (Å²) in [5, 5.41) is 14.6. The second-order valence-corrected chi connectivity index (χ2v) is 10.8. The minimum Gasteiger partial charge on any atom is -0.481 e. The molecule has 1 N–H and O–H groups in total. The van der Waals surface area contributed by atoms with Gasteiger partial charge in [-0.2, -0.15) is 0 Å². The Kier molecular flexibility index (Phi) is 6.39. The van der Waals surface area contributed by atoms with Gasteiger partial charge in [-0.05, 0) is 85.1 Å². The van der Waals surface area contributed by atoms with E-state index in [-0.39, 0.29) is 11.3 Å². The van der Waals surface area contributed by atoms with Gasteiger partial charge in [0.25, 0.3) is 0 Å². The summed E-state index contributed by atoms with van der Waals surface area (Å²) in [6, 6.07) is 14.7. The smallest absolute Gasteiger partial charge is 0.309 e. The zero-order valence-corrected chi connectivity index (χ0v) is 20.6. The first-order valence-electron chi connectivity index (χ1n) is 12.3. The lowest BCUT2D eigenvalue weighted by atomic mass is 9.49. The molecule has 0 aromatic heterocycles. The fourth-order valence-electron chi connectivity index (χ4n) is 6.41. The fourth-order valence-corrected chi connectivity index (χ4v) is 6.41. The molecule has 4 nitrogen and oxygen atoms in total. The first kappa shape index (κ1) is 23.5. The van der Waals surface area contributed by atoms with E-state index in [9.17, 15) is 9.90 Å². The number of aliphatic carboxylic acids is 1. The molecule has 1 saturated carbocycles. The summed E-state index contributed by atoms with van der Waals surface area (Å²) >= 11 is 0. The zero-order chi connectivity index (χ0) is 23.8. The molecule has 0 saturated heterocycles. The Bertz CT molecular complexity index is 1060. The second kappa shape index (κ2) is 8.96. The molecule has 2 aromatic rings. The average molecular weight is 448 g/mol. The van der Waals surface area contributed by atoms with Crippen LogP contribution in [0.25, 0.3) is 0 Å². The van der Waals surface area contributed by atoms with Crippen LogP contribution in [0.1, 0.15) is 94.0 Å². The number of carboxylic acids is 1. The minimum absolute atomic E-state index is 0.131. The fraction of sp³-hybridized carbons (Fsp3) is 0.517. The predicted octanol–water partition coefficient (Wildman–Crippen LogP) is 6.85. The summed E-state index contributed by atoms with van der Waals surface area (Å²) < 4.78 is 0. The minimum atomic E-state index is -0.663. The maximum Gasteiger partial charge on any atom is 0.309 e. The van der Waals surface area contributed by atoms with Gasteiger partial charge in [0.2, 0.25) is 0 Å². The highest BCUT2D eigenvalue weighted by Crippen LogP contribution is 2.57. The molecule has 3 atom stereocenters. The number of rotatable bonds is 6. The van der Waals surface area contributed by atoms with Gasteiger partial charge < -0.3 is 9.94 Å². The summed E-state index contributed by atoms with van der Waals surface area (Å²) in [6.45, 7) is 11.2. The average Bonchev–Trinajstić information content (AvgIpc) is 2.78. The van der Waals surface area contributed by atoms with Crippen molar-refractivity contribution in [1.82, 2.24) is 0 Å². The van der Waals surface area contributed by atoms with Crippen LogP contribution in [-0.4, -0.2) is 16.8 Å². The van der Waals surface area contributed by atoms with Gasteiger partial charge in [-0.25, -0.2) is 0 Å². The van der Waals surface area contributed by atoms with Crippen LogP contribution in [0, 0.1) is 11.3 Å². The first-order valence-corrected chi connectivity index (χ1v) is 12.3. The van der Waals surface area contributed by atoms with Gasteiger partial charge in [0, 0.05) is 5.56 Å². The van der Waals surface area contributed by atoms with Crippen LogP contribution in [0.3, 0.4) is 0 Å². The van der Waals surface area contributed by atoms with Gasteiger partial charge in [0.05, 0.1) is 11.1 Å². The molecule has 2 aliphatic carbocycles. The van der Waals surface area contributed by atoms with Crippen LogP contribution in [0.15, 0.2) is 47.6 Å². The van der Waals surface area contributed by atoms with Crippen molar-refractivity contribution in [3.63, 3.8) is 0 Å². The number of carboxylic acid groups (broad SMARTS) is 1. The number of nitrogens with zero attached hydrogens (tertiary/aromatic N) is 1. The number of aryl methyl sites for hydroxylation is 1. The molecule has 176 valence electrons. The molecule has 2 aliphatic rings. The van der Waals surface area contributed by atoms with Gasteiger partial charge in [-0.1, -0.05) is 68.7 Å². The van der Waals surface area contributed by atoms with E-state index in [1.54, 1.807) is 0 Å². The maximum atomic E-state index is 12.3. The van der Waals surface area contributed by atoms with Crippen molar-refractivity contribution < 1.29 is 14.7 Å². The molecule has 0 bridgehead atoms. The topological polar surface area (TPSA) is 58.9 Å². The van der Waals surface area contributed by atoms with Crippen molar-refractivity contribution in [1.29, 1.82) is 0 Å². The van der Waals surface area contributed by atoms with E-state index in [0.717, 1.165) is 48.9 Å². The molecule has 2 aromatic carbocycles. The van der Waals surface area contributed by atoms with Crippen LogP contribution in [0.4, 0.5) is 0 Å². The Balaban J connectivity index is 1.72. The molecule has 33 heavy (non-hydrogen) atoms. The van der Waals surface area contributed by atoms with Crippen molar-refractivity contribution in [3.05, 3.63) is 70.3 Å². The van der Waals surface area contributed by atoms with Gasteiger partial charge in [-0.3, -0.25) is 4.79 Å². The van der Waals surface area contributed by atoms with E-state index in [2.05, 4.69) is 38.1 Å². The van der Waals surface area contributed by atoms with E-state index in [1.165, 1.54) is 16.7 Å². The second-order valence-electron chi connectivity index (χ2n) is 10.8. The standard InChI is InChI=1S/C29H37NO3/c1-19(2)23-16-22-12-13-26-28(4,14-9-15-29(26,5)27(31)32)25(22)17-24(23)20(3)30-33-18-21-10-7-6-8-11-21/h6-8,10-11,16-17,19,26H,9,12-15,18H2,1-5H3,(H,31,32)/b30-20+/t26?,28-,29-/m1/s1. The van der Waals surface area contributed by atoms with Crippen LogP contribution >= 0.6 is 0 Å². The third-order valence-corrected chi connectivity index (χ3v) is 8.30. The van der Waals surface area contributed by atoms with E-state index in [0.29, 0.717) is 12.5 Å². The number of oxime groups is 1. The van der Waals surface area contributed by atoms with E-state index >= 15 is 0 Å². The number of hydrogen-bond donors (Lipinski definition) is 1. The molecule has 0 radical (unpaired) electrons. The lowest BCUT2D eigenvalue weighted by molar-refractivity contribution is -0.157. The largest absolute Gasteiger partial charge is 0.481 e. The highest BCUT2D eigenvalue weighted by molar-refractivity contribution is 6.00.